The second kappa shape index (κ2) is 6.50. The SMILES string of the molecule is O=C(Nc1cccc(F)c1I)N[C@@H](CO)C(=O)O. The fourth-order valence-corrected chi connectivity index (χ4v) is 1.60. The highest BCUT2D eigenvalue weighted by Crippen LogP contribution is 2.20. The van der Waals surface area contributed by atoms with Crippen LogP contribution in [-0.4, -0.2) is 34.9 Å². The van der Waals surface area contributed by atoms with Crippen molar-refractivity contribution in [2.75, 3.05) is 11.9 Å². The van der Waals surface area contributed by atoms with Crippen LogP contribution in [0.4, 0.5) is 14.9 Å². The van der Waals surface area contributed by atoms with E-state index in [2.05, 4.69) is 5.32 Å². The second-order valence-corrected chi connectivity index (χ2v) is 4.35. The van der Waals surface area contributed by atoms with E-state index in [0.717, 1.165) is 0 Å². The quantitative estimate of drug-likeness (QED) is 0.596. The van der Waals surface area contributed by atoms with Gasteiger partial charge in [-0.2, -0.15) is 0 Å². The third kappa shape index (κ3) is 3.81. The van der Waals surface area contributed by atoms with Gasteiger partial charge >= 0.3 is 12.0 Å². The smallest absolute Gasteiger partial charge is 0.328 e. The molecule has 1 aromatic rings. The Hall–Kier alpha value is -1.42. The van der Waals surface area contributed by atoms with Crippen LogP contribution in [-0.2, 0) is 4.79 Å². The maximum atomic E-state index is 13.2. The molecular weight excluding hydrogens is 358 g/mol. The number of aliphatic carboxylic acids is 1. The third-order valence-electron chi connectivity index (χ3n) is 1.99. The number of urea groups is 1. The van der Waals surface area contributed by atoms with Crippen molar-refractivity contribution in [1.82, 2.24) is 5.32 Å². The Morgan fingerprint density at radius 1 is 1.44 bits per heavy atom. The summed E-state index contributed by atoms with van der Waals surface area (Å²) >= 11 is 1.71. The first-order valence-corrected chi connectivity index (χ1v) is 5.88. The van der Waals surface area contributed by atoms with E-state index in [0.29, 0.717) is 0 Å². The first kappa shape index (κ1) is 14.6. The molecule has 0 fully saturated rings. The van der Waals surface area contributed by atoms with E-state index in [9.17, 15) is 14.0 Å². The van der Waals surface area contributed by atoms with Crippen molar-refractivity contribution in [3.8, 4) is 0 Å². The van der Waals surface area contributed by atoms with Gasteiger partial charge in [0.1, 0.15) is 5.82 Å². The molecule has 0 aromatic heterocycles. The molecule has 0 aliphatic carbocycles. The number of nitrogens with one attached hydrogen (secondary N) is 2. The number of halogens is 2. The molecule has 1 atom stereocenters. The number of aliphatic hydroxyl groups excluding tert-OH is 1. The summed E-state index contributed by atoms with van der Waals surface area (Å²) in [5, 5.41) is 21.7. The van der Waals surface area contributed by atoms with E-state index >= 15 is 0 Å². The maximum absolute atomic E-state index is 13.2. The largest absolute Gasteiger partial charge is 0.480 e. The van der Waals surface area contributed by atoms with Crippen LogP contribution in [0, 0.1) is 9.39 Å². The topological polar surface area (TPSA) is 98.7 Å². The van der Waals surface area contributed by atoms with Gasteiger partial charge in [0, 0.05) is 0 Å². The molecule has 2 amide bonds. The van der Waals surface area contributed by atoms with Crippen LogP contribution in [0.15, 0.2) is 18.2 Å². The van der Waals surface area contributed by atoms with Crippen molar-refractivity contribution in [3.05, 3.63) is 27.6 Å². The summed E-state index contributed by atoms with van der Waals surface area (Å²) in [6.45, 7) is -0.733. The molecule has 98 valence electrons. The molecule has 0 aliphatic heterocycles. The van der Waals surface area contributed by atoms with Crippen molar-refractivity contribution in [3.63, 3.8) is 0 Å². The van der Waals surface area contributed by atoms with Crippen LogP contribution in [0.2, 0.25) is 0 Å². The lowest BCUT2D eigenvalue weighted by molar-refractivity contribution is -0.140. The lowest BCUT2D eigenvalue weighted by Crippen LogP contribution is -2.45. The molecule has 1 aromatic carbocycles. The normalized spacial score (nSPS) is 11.7. The number of amides is 2. The van der Waals surface area contributed by atoms with Gasteiger partial charge < -0.3 is 20.8 Å². The number of rotatable bonds is 4. The van der Waals surface area contributed by atoms with Gasteiger partial charge in [-0.3, -0.25) is 0 Å². The molecule has 6 nitrogen and oxygen atoms in total. The molecule has 0 saturated heterocycles. The predicted octanol–water partition coefficient (Wildman–Crippen LogP) is 0.997. The van der Waals surface area contributed by atoms with Crippen molar-refractivity contribution in [2.45, 2.75) is 6.04 Å². The number of aliphatic hydroxyl groups is 1. The number of hydrogen-bond donors (Lipinski definition) is 4. The number of anilines is 1. The number of carbonyl (C=O) groups is 2. The zero-order chi connectivity index (χ0) is 13.7. The van der Waals surface area contributed by atoms with Crippen molar-refractivity contribution in [2.24, 2.45) is 0 Å². The molecule has 0 heterocycles. The van der Waals surface area contributed by atoms with Crippen molar-refractivity contribution >= 4 is 40.3 Å². The Bertz CT molecular complexity index is 469. The zero-order valence-electron chi connectivity index (χ0n) is 8.98. The lowest BCUT2D eigenvalue weighted by atomic mass is 10.3. The van der Waals surface area contributed by atoms with E-state index in [4.69, 9.17) is 10.2 Å². The number of carboxylic acids is 1. The van der Waals surface area contributed by atoms with Crippen LogP contribution in [0.3, 0.4) is 0 Å². The number of benzene rings is 1. The van der Waals surface area contributed by atoms with Gasteiger partial charge in [-0.1, -0.05) is 6.07 Å². The van der Waals surface area contributed by atoms with Gasteiger partial charge in [-0.15, -0.1) is 0 Å². The van der Waals surface area contributed by atoms with E-state index in [1.807, 2.05) is 5.32 Å². The molecule has 0 unspecified atom stereocenters. The minimum absolute atomic E-state index is 0.209. The van der Waals surface area contributed by atoms with E-state index in [1.54, 1.807) is 22.6 Å². The molecule has 0 saturated carbocycles. The maximum Gasteiger partial charge on any atom is 0.328 e. The summed E-state index contributed by atoms with van der Waals surface area (Å²) in [5.74, 6) is -1.85. The van der Waals surface area contributed by atoms with E-state index < -0.39 is 30.5 Å². The van der Waals surface area contributed by atoms with Crippen LogP contribution in [0.1, 0.15) is 0 Å². The van der Waals surface area contributed by atoms with E-state index in [1.165, 1.54) is 18.2 Å². The average molecular weight is 368 g/mol. The fraction of sp³-hybridized carbons (Fsp3) is 0.200. The number of hydrogen-bond acceptors (Lipinski definition) is 3. The minimum atomic E-state index is -1.41. The van der Waals surface area contributed by atoms with Crippen LogP contribution >= 0.6 is 22.6 Å². The lowest BCUT2D eigenvalue weighted by Gasteiger charge is -2.13. The van der Waals surface area contributed by atoms with Gasteiger partial charge in [0.2, 0.25) is 0 Å². The summed E-state index contributed by atoms with van der Waals surface area (Å²) in [4.78, 5) is 22.0. The van der Waals surface area contributed by atoms with Gasteiger partial charge in [-0.25, -0.2) is 14.0 Å². The number of carboxylic acid groups (broad SMARTS) is 1. The van der Waals surface area contributed by atoms with Crippen LogP contribution < -0.4 is 10.6 Å². The highest BCUT2D eigenvalue weighted by Gasteiger charge is 2.19. The van der Waals surface area contributed by atoms with Crippen molar-refractivity contribution in [1.29, 1.82) is 0 Å². The molecule has 1 rings (SSSR count). The van der Waals surface area contributed by atoms with Crippen molar-refractivity contribution < 1.29 is 24.2 Å². The summed E-state index contributed by atoms with van der Waals surface area (Å²) < 4.78 is 13.4. The third-order valence-corrected chi connectivity index (χ3v) is 3.08. The second-order valence-electron chi connectivity index (χ2n) is 3.27. The summed E-state index contributed by atoms with van der Waals surface area (Å²) in [6, 6.07) is 1.88. The Morgan fingerprint density at radius 3 is 2.67 bits per heavy atom. The molecule has 0 bridgehead atoms. The Labute approximate surface area is 115 Å². The van der Waals surface area contributed by atoms with Crippen LogP contribution in [0.25, 0.3) is 0 Å². The predicted molar refractivity (Wildman–Crippen MR) is 69.8 cm³/mol. The molecule has 0 aliphatic rings. The van der Waals surface area contributed by atoms with Crippen LogP contribution in [0.5, 0.6) is 0 Å². The molecule has 8 heteroatoms. The Morgan fingerprint density at radius 2 is 2.11 bits per heavy atom. The zero-order valence-corrected chi connectivity index (χ0v) is 11.1. The molecule has 0 spiro atoms. The van der Waals surface area contributed by atoms with Gasteiger partial charge in [-0.05, 0) is 34.7 Å². The molecular formula is C10H10FIN2O4. The Balaban J connectivity index is 2.70. The Kier molecular flexibility index (Phi) is 5.28. The highest BCUT2D eigenvalue weighted by atomic mass is 127. The summed E-state index contributed by atoms with van der Waals surface area (Å²) in [6.07, 6.45) is 0. The summed E-state index contributed by atoms with van der Waals surface area (Å²) in [7, 11) is 0. The van der Waals surface area contributed by atoms with Gasteiger partial charge in [0.25, 0.3) is 0 Å². The molecule has 18 heavy (non-hydrogen) atoms. The highest BCUT2D eigenvalue weighted by molar-refractivity contribution is 14.1. The fourth-order valence-electron chi connectivity index (χ4n) is 1.10. The standard InChI is InChI=1S/C10H10FIN2O4/c11-5-2-1-3-6(8(5)12)13-10(18)14-7(4-15)9(16)17/h1-3,7,15H,4H2,(H,16,17)(H2,13,14,18)/t7-/m0/s1. The molecule has 0 radical (unpaired) electrons. The minimum Gasteiger partial charge on any atom is -0.480 e. The average Bonchev–Trinajstić information content (AvgIpc) is 2.31. The van der Waals surface area contributed by atoms with Gasteiger partial charge in [0.15, 0.2) is 6.04 Å². The first-order chi connectivity index (χ1) is 8.45. The molecule has 4 N–H and O–H groups in total. The van der Waals surface area contributed by atoms with Gasteiger partial charge in [0.05, 0.1) is 15.9 Å². The summed E-state index contributed by atoms with van der Waals surface area (Å²) in [5.41, 5.74) is 0.218. The monoisotopic (exact) mass is 368 g/mol. The first-order valence-electron chi connectivity index (χ1n) is 4.81. The number of carbonyl (C=O) groups excluding carboxylic acids is 1. The van der Waals surface area contributed by atoms with E-state index in [-0.39, 0.29) is 9.26 Å².